The number of ether oxygens (including phenoxy) is 2. The summed E-state index contributed by atoms with van der Waals surface area (Å²) in [6.45, 7) is 0.465. The normalized spacial score (nSPS) is 10.3. The molecule has 4 nitrogen and oxygen atoms in total. The molecule has 0 aromatic heterocycles. The van der Waals surface area contributed by atoms with Gasteiger partial charge in [0.2, 0.25) is 0 Å². The van der Waals surface area contributed by atoms with Crippen molar-refractivity contribution in [1.29, 1.82) is 0 Å². The van der Waals surface area contributed by atoms with E-state index in [9.17, 15) is 13.6 Å². The van der Waals surface area contributed by atoms with Gasteiger partial charge in [0.05, 0.1) is 19.2 Å². The Balaban J connectivity index is 1.89. The summed E-state index contributed by atoms with van der Waals surface area (Å²) in [6.07, 6.45) is 0. The first-order valence-electron chi connectivity index (χ1n) is 6.98. The average Bonchev–Trinajstić information content (AvgIpc) is 2.57. The summed E-state index contributed by atoms with van der Waals surface area (Å²) in [6, 6.07) is 9.79. The Morgan fingerprint density at radius 2 is 1.74 bits per heavy atom. The number of methoxy groups -OCH3 is 1. The molecule has 0 radical (unpaired) electrons. The smallest absolute Gasteiger partial charge is 0.256 e. The first-order valence-corrected chi connectivity index (χ1v) is 6.98. The van der Waals surface area contributed by atoms with Crippen LogP contribution in [0.5, 0.6) is 11.5 Å². The molecule has 6 heteroatoms. The molecular formula is C17H17F2NO3. The highest BCUT2D eigenvalue weighted by molar-refractivity contribution is 5.94. The third-order valence-electron chi connectivity index (χ3n) is 3.26. The molecule has 0 aliphatic heterocycles. The van der Waals surface area contributed by atoms with E-state index in [1.807, 2.05) is 0 Å². The summed E-state index contributed by atoms with van der Waals surface area (Å²) in [5.74, 6) is -0.660. The van der Waals surface area contributed by atoms with Gasteiger partial charge in [-0.05, 0) is 42.5 Å². The average molecular weight is 321 g/mol. The second kappa shape index (κ2) is 7.58. The maximum absolute atomic E-state index is 13.6. The molecule has 0 bridgehead atoms. The van der Waals surface area contributed by atoms with Crippen molar-refractivity contribution in [3.05, 3.63) is 59.7 Å². The van der Waals surface area contributed by atoms with Crippen LogP contribution in [0.15, 0.2) is 42.5 Å². The number of amides is 1. The van der Waals surface area contributed by atoms with Gasteiger partial charge in [0.1, 0.15) is 29.7 Å². The van der Waals surface area contributed by atoms with Crippen molar-refractivity contribution < 1.29 is 23.0 Å². The van der Waals surface area contributed by atoms with E-state index in [0.717, 1.165) is 18.2 Å². The molecule has 0 saturated carbocycles. The van der Waals surface area contributed by atoms with E-state index in [4.69, 9.17) is 9.47 Å². The van der Waals surface area contributed by atoms with Crippen molar-refractivity contribution >= 4 is 5.91 Å². The molecule has 0 spiro atoms. The van der Waals surface area contributed by atoms with Gasteiger partial charge in [0, 0.05) is 7.05 Å². The summed E-state index contributed by atoms with van der Waals surface area (Å²) >= 11 is 0. The van der Waals surface area contributed by atoms with Gasteiger partial charge in [-0.25, -0.2) is 8.78 Å². The van der Waals surface area contributed by atoms with Gasteiger partial charge in [-0.3, -0.25) is 4.79 Å². The predicted octanol–water partition coefficient (Wildman–Crippen LogP) is 3.12. The Hall–Kier alpha value is -2.63. The van der Waals surface area contributed by atoms with Crippen LogP contribution in [0, 0.1) is 11.6 Å². The monoisotopic (exact) mass is 321 g/mol. The summed E-state index contributed by atoms with van der Waals surface area (Å²) in [4.78, 5) is 13.4. The van der Waals surface area contributed by atoms with Crippen molar-refractivity contribution in [2.24, 2.45) is 0 Å². The van der Waals surface area contributed by atoms with Crippen LogP contribution in [-0.2, 0) is 0 Å². The molecule has 0 saturated heterocycles. The fraction of sp³-hybridized carbons (Fsp3) is 0.235. The van der Waals surface area contributed by atoms with Crippen LogP contribution in [0.3, 0.4) is 0 Å². The largest absolute Gasteiger partial charge is 0.497 e. The molecule has 2 aromatic rings. The molecule has 0 aliphatic carbocycles. The van der Waals surface area contributed by atoms with Crippen molar-refractivity contribution in [2.45, 2.75) is 0 Å². The quantitative estimate of drug-likeness (QED) is 0.820. The van der Waals surface area contributed by atoms with Gasteiger partial charge >= 0.3 is 0 Å². The van der Waals surface area contributed by atoms with E-state index < -0.39 is 17.5 Å². The molecule has 0 heterocycles. The van der Waals surface area contributed by atoms with Gasteiger partial charge in [-0.2, -0.15) is 0 Å². The third kappa shape index (κ3) is 4.42. The molecule has 0 N–H and O–H groups in total. The zero-order valence-corrected chi connectivity index (χ0v) is 12.9. The van der Waals surface area contributed by atoms with E-state index in [0.29, 0.717) is 11.5 Å². The first kappa shape index (κ1) is 16.7. The number of rotatable bonds is 6. The lowest BCUT2D eigenvalue weighted by atomic mass is 10.2. The molecule has 0 aliphatic rings. The number of halogens is 2. The number of hydrogen-bond acceptors (Lipinski definition) is 3. The number of nitrogens with zero attached hydrogens (tertiary/aromatic N) is 1. The van der Waals surface area contributed by atoms with Gasteiger partial charge in [-0.1, -0.05) is 0 Å². The van der Waals surface area contributed by atoms with Crippen molar-refractivity contribution in [1.82, 2.24) is 4.90 Å². The number of carbonyl (C=O) groups excluding carboxylic acids is 1. The van der Waals surface area contributed by atoms with Crippen molar-refractivity contribution in [2.75, 3.05) is 27.3 Å². The summed E-state index contributed by atoms with van der Waals surface area (Å²) < 4.78 is 37.3. The van der Waals surface area contributed by atoms with Crippen LogP contribution in [0.25, 0.3) is 0 Å². The number of benzene rings is 2. The van der Waals surface area contributed by atoms with Gasteiger partial charge in [0.25, 0.3) is 5.91 Å². The molecule has 0 atom stereocenters. The zero-order valence-electron chi connectivity index (χ0n) is 12.9. The summed E-state index contributed by atoms with van der Waals surface area (Å²) in [5, 5.41) is 0. The van der Waals surface area contributed by atoms with E-state index in [1.165, 1.54) is 11.9 Å². The minimum Gasteiger partial charge on any atom is -0.497 e. The first-order chi connectivity index (χ1) is 11.0. The molecule has 2 aromatic carbocycles. The number of carbonyl (C=O) groups is 1. The highest BCUT2D eigenvalue weighted by Gasteiger charge is 2.17. The molecule has 0 unspecified atom stereocenters. The van der Waals surface area contributed by atoms with E-state index in [1.54, 1.807) is 31.4 Å². The third-order valence-corrected chi connectivity index (χ3v) is 3.26. The van der Waals surface area contributed by atoms with E-state index in [-0.39, 0.29) is 18.7 Å². The lowest BCUT2D eigenvalue weighted by Crippen LogP contribution is -2.31. The van der Waals surface area contributed by atoms with Crippen LogP contribution in [0.4, 0.5) is 8.78 Å². The number of likely N-dealkylation sites (N-methyl/N-ethyl adjacent to an activating group) is 1. The molecular weight excluding hydrogens is 304 g/mol. The standard InChI is InChI=1S/C17H17F2NO3/c1-20(17(21)15-11-12(18)3-8-16(15)19)9-10-23-14-6-4-13(22-2)5-7-14/h3-8,11H,9-10H2,1-2H3. The lowest BCUT2D eigenvalue weighted by molar-refractivity contribution is 0.0768. The molecule has 23 heavy (non-hydrogen) atoms. The SMILES string of the molecule is COc1ccc(OCCN(C)C(=O)c2cc(F)ccc2F)cc1. The molecule has 2 rings (SSSR count). The highest BCUT2D eigenvalue weighted by Crippen LogP contribution is 2.17. The highest BCUT2D eigenvalue weighted by atomic mass is 19.1. The van der Waals surface area contributed by atoms with Gasteiger partial charge < -0.3 is 14.4 Å². The van der Waals surface area contributed by atoms with Crippen molar-refractivity contribution in [3.8, 4) is 11.5 Å². The predicted molar refractivity (Wildman–Crippen MR) is 81.8 cm³/mol. The van der Waals surface area contributed by atoms with Crippen LogP contribution in [0.1, 0.15) is 10.4 Å². The van der Waals surface area contributed by atoms with Crippen LogP contribution in [0.2, 0.25) is 0 Å². The lowest BCUT2D eigenvalue weighted by Gasteiger charge is -2.18. The van der Waals surface area contributed by atoms with Gasteiger partial charge in [0.15, 0.2) is 0 Å². The Morgan fingerprint density at radius 1 is 1.09 bits per heavy atom. The van der Waals surface area contributed by atoms with Crippen LogP contribution < -0.4 is 9.47 Å². The molecule has 122 valence electrons. The Bertz CT molecular complexity index is 674. The van der Waals surface area contributed by atoms with Crippen LogP contribution in [-0.4, -0.2) is 38.1 Å². The maximum Gasteiger partial charge on any atom is 0.256 e. The fourth-order valence-corrected chi connectivity index (χ4v) is 1.94. The Kier molecular flexibility index (Phi) is 5.51. The van der Waals surface area contributed by atoms with Crippen molar-refractivity contribution in [3.63, 3.8) is 0 Å². The molecule has 0 fully saturated rings. The summed E-state index contributed by atoms with van der Waals surface area (Å²) in [7, 11) is 3.08. The molecule has 1 amide bonds. The minimum atomic E-state index is -0.751. The zero-order chi connectivity index (χ0) is 16.8. The van der Waals surface area contributed by atoms with E-state index >= 15 is 0 Å². The second-order valence-corrected chi connectivity index (χ2v) is 4.87. The van der Waals surface area contributed by atoms with Crippen LogP contribution >= 0.6 is 0 Å². The number of hydrogen-bond donors (Lipinski definition) is 0. The Labute approximate surface area is 133 Å². The maximum atomic E-state index is 13.6. The minimum absolute atomic E-state index is 0.228. The Morgan fingerprint density at radius 3 is 2.39 bits per heavy atom. The topological polar surface area (TPSA) is 38.8 Å². The van der Waals surface area contributed by atoms with Gasteiger partial charge in [-0.15, -0.1) is 0 Å². The second-order valence-electron chi connectivity index (χ2n) is 4.87. The fourth-order valence-electron chi connectivity index (χ4n) is 1.94. The summed E-state index contributed by atoms with van der Waals surface area (Å²) in [5.41, 5.74) is -0.294. The van der Waals surface area contributed by atoms with E-state index in [2.05, 4.69) is 0 Å².